The molecule has 0 aromatic rings. The number of nitrogens with zero attached hydrogens (tertiary/aromatic N) is 1. The van der Waals surface area contributed by atoms with Crippen LogP contribution in [0.3, 0.4) is 0 Å². The van der Waals surface area contributed by atoms with Gasteiger partial charge in [0.2, 0.25) is 0 Å². The standard InChI is InChI=1S/C9H20N2O3S/c1-2-9(8-12)10-15(13,14)11-6-4-3-5-7-11/h9-10,12H,2-8H2,1H3/t9-/m1/s1. The molecule has 1 fully saturated rings. The van der Waals surface area contributed by atoms with E-state index in [-0.39, 0.29) is 12.6 Å². The van der Waals surface area contributed by atoms with Crippen molar-refractivity contribution >= 4 is 10.2 Å². The Morgan fingerprint density at radius 1 is 1.33 bits per heavy atom. The third-order valence-corrected chi connectivity index (χ3v) is 4.36. The Bertz CT molecular complexity index is 269. The molecule has 15 heavy (non-hydrogen) atoms. The van der Waals surface area contributed by atoms with Crippen LogP contribution in [0.4, 0.5) is 0 Å². The maximum atomic E-state index is 11.8. The summed E-state index contributed by atoms with van der Waals surface area (Å²) >= 11 is 0. The quantitative estimate of drug-likeness (QED) is 0.710. The van der Waals surface area contributed by atoms with Crippen molar-refractivity contribution in [2.75, 3.05) is 19.7 Å². The second-order valence-electron chi connectivity index (χ2n) is 3.87. The van der Waals surface area contributed by atoms with Gasteiger partial charge in [0.05, 0.1) is 6.61 Å². The minimum Gasteiger partial charge on any atom is -0.395 e. The zero-order valence-electron chi connectivity index (χ0n) is 9.15. The van der Waals surface area contributed by atoms with Gasteiger partial charge in [-0.2, -0.15) is 17.4 Å². The second kappa shape index (κ2) is 5.79. The molecule has 0 spiro atoms. The first kappa shape index (κ1) is 12.9. The molecule has 1 heterocycles. The average Bonchev–Trinajstić information content (AvgIpc) is 2.27. The van der Waals surface area contributed by atoms with E-state index in [1.807, 2.05) is 6.92 Å². The van der Waals surface area contributed by atoms with E-state index in [1.165, 1.54) is 4.31 Å². The maximum absolute atomic E-state index is 11.8. The van der Waals surface area contributed by atoms with Crippen LogP contribution in [0.15, 0.2) is 0 Å². The van der Waals surface area contributed by atoms with Gasteiger partial charge in [0.1, 0.15) is 0 Å². The van der Waals surface area contributed by atoms with E-state index < -0.39 is 10.2 Å². The summed E-state index contributed by atoms with van der Waals surface area (Å²) in [5.41, 5.74) is 0. The SMILES string of the molecule is CC[C@H](CO)NS(=O)(=O)N1CCCCC1. The van der Waals surface area contributed by atoms with Crippen molar-refractivity contribution in [3.63, 3.8) is 0 Å². The van der Waals surface area contributed by atoms with Crippen LogP contribution in [0, 0.1) is 0 Å². The predicted octanol–water partition coefficient (Wildman–Crippen LogP) is 0.0776. The fourth-order valence-corrected chi connectivity index (χ4v) is 3.19. The van der Waals surface area contributed by atoms with Crippen molar-refractivity contribution in [1.82, 2.24) is 9.03 Å². The Morgan fingerprint density at radius 3 is 2.40 bits per heavy atom. The molecule has 2 N–H and O–H groups in total. The molecule has 0 amide bonds. The fourth-order valence-electron chi connectivity index (χ4n) is 1.64. The predicted molar refractivity (Wildman–Crippen MR) is 58.6 cm³/mol. The van der Waals surface area contributed by atoms with Gasteiger partial charge < -0.3 is 5.11 Å². The molecular weight excluding hydrogens is 216 g/mol. The molecule has 0 aliphatic carbocycles. The summed E-state index contributed by atoms with van der Waals surface area (Å²) in [5.74, 6) is 0. The van der Waals surface area contributed by atoms with E-state index in [9.17, 15) is 8.42 Å². The highest BCUT2D eigenvalue weighted by molar-refractivity contribution is 7.87. The summed E-state index contributed by atoms with van der Waals surface area (Å²) in [6.07, 6.45) is 3.56. The lowest BCUT2D eigenvalue weighted by atomic mass is 10.2. The summed E-state index contributed by atoms with van der Waals surface area (Å²) in [7, 11) is -3.38. The summed E-state index contributed by atoms with van der Waals surface area (Å²) in [6.45, 7) is 2.89. The van der Waals surface area contributed by atoms with Gasteiger partial charge in [-0.25, -0.2) is 0 Å². The van der Waals surface area contributed by atoms with Crippen LogP contribution in [0.5, 0.6) is 0 Å². The van der Waals surface area contributed by atoms with Crippen LogP contribution >= 0.6 is 0 Å². The molecule has 1 atom stereocenters. The number of hydrogen-bond donors (Lipinski definition) is 2. The van der Waals surface area contributed by atoms with Gasteiger partial charge >= 0.3 is 0 Å². The molecule has 1 aliphatic heterocycles. The van der Waals surface area contributed by atoms with Crippen molar-refractivity contribution in [2.24, 2.45) is 0 Å². The van der Waals surface area contributed by atoms with E-state index in [1.54, 1.807) is 0 Å². The highest BCUT2D eigenvalue weighted by Crippen LogP contribution is 2.12. The third kappa shape index (κ3) is 3.71. The summed E-state index contributed by atoms with van der Waals surface area (Å²) < 4.78 is 27.6. The Hall–Kier alpha value is -0.170. The molecule has 1 aliphatic rings. The summed E-state index contributed by atoms with van der Waals surface area (Å²) in [4.78, 5) is 0. The summed E-state index contributed by atoms with van der Waals surface area (Å²) in [5, 5.41) is 8.94. The fraction of sp³-hybridized carbons (Fsp3) is 1.00. The first-order valence-electron chi connectivity index (χ1n) is 5.48. The second-order valence-corrected chi connectivity index (χ2v) is 5.57. The molecule has 0 unspecified atom stereocenters. The number of aliphatic hydroxyl groups excluding tert-OH is 1. The largest absolute Gasteiger partial charge is 0.395 e. The molecule has 0 radical (unpaired) electrons. The Kier molecular flexibility index (Phi) is 4.98. The molecular formula is C9H20N2O3S. The number of nitrogens with one attached hydrogen (secondary N) is 1. The lowest BCUT2D eigenvalue weighted by Gasteiger charge is -2.27. The minimum atomic E-state index is -3.38. The van der Waals surface area contributed by atoms with Crippen LogP contribution in [-0.2, 0) is 10.2 Å². The highest BCUT2D eigenvalue weighted by atomic mass is 32.2. The van der Waals surface area contributed by atoms with Crippen LogP contribution in [-0.4, -0.2) is 43.6 Å². The van der Waals surface area contributed by atoms with Gasteiger partial charge in [-0.3, -0.25) is 0 Å². The van der Waals surface area contributed by atoms with Gasteiger partial charge in [-0.15, -0.1) is 0 Å². The van der Waals surface area contributed by atoms with E-state index in [0.29, 0.717) is 19.5 Å². The van der Waals surface area contributed by atoms with Crippen LogP contribution in [0.1, 0.15) is 32.6 Å². The number of rotatable bonds is 5. The van der Waals surface area contributed by atoms with Gasteiger partial charge in [-0.1, -0.05) is 13.3 Å². The van der Waals surface area contributed by atoms with Crippen LogP contribution in [0.2, 0.25) is 0 Å². The van der Waals surface area contributed by atoms with E-state index in [0.717, 1.165) is 19.3 Å². The van der Waals surface area contributed by atoms with Crippen LogP contribution in [0.25, 0.3) is 0 Å². The van der Waals surface area contributed by atoms with Crippen molar-refractivity contribution in [2.45, 2.75) is 38.6 Å². The molecule has 6 heteroatoms. The Balaban J connectivity index is 2.56. The Morgan fingerprint density at radius 2 is 1.93 bits per heavy atom. The van der Waals surface area contributed by atoms with Gasteiger partial charge in [0.25, 0.3) is 10.2 Å². The molecule has 0 bridgehead atoms. The molecule has 90 valence electrons. The Labute approximate surface area is 91.7 Å². The molecule has 1 saturated heterocycles. The monoisotopic (exact) mass is 236 g/mol. The van der Waals surface area contributed by atoms with Gasteiger partial charge in [0, 0.05) is 19.1 Å². The van der Waals surface area contributed by atoms with E-state index >= 15 is 0 Å². The maximum Gasteiger partial charge on any atom is 0.279 e. The first-order valence-corrected chi connectivity index (χ1v) is 6.92. The topological polar surface area (TPSA) is 69.6 Å². The minimum absolute atomic E-state index is 0.149. The van der Waals surface area contributed by atoms with E-state index in [2.05, 4.69) is 4.72 Å². The summed E-state index contributed by atoms with van der Waals surface area (Å²) in [6, 6.07) is -0.364. The van der Waals surface area contributed by atoms with Crippen molar-refractivity contribution < 1.29 is 13.5 Å². The highest BCUT2D eigenvalue weighted by Gasteiger charge is 2.25. The normalized spacial score (nSPS) is 21.5. The van der Waals surface area contributed by atoms with Gasteiger partial charge in [0.15, 0.2) is 0 Å². The smallest absolute Gasteiger partial charge is 0.279 e. The lowest BCUT2D eigenvalue weighted by Crippen LogP contribution is -2.48. The average molecular weight is 236 g/mol. The van der Waals surface area contributed by atoms with Gasteiger partial charge in [-0.05, 0) is 19.3 Å². The lowest BCUT2D eigenvalue weighted by molar-refractivity contribution is 0.249. The number of piperidine rings is 1. The van der Waals surface area contributed by atoms with E-state index in [4.69, 9.17) is 5.11 Å². The zero-order valence-corrected chi connectivity index (χ0v) is 9.96. The van der Waals surface area contributed by atoms with Crippen molar-refractivity contribution in [1.29, 1.82) is 0 Å². The molecule has 0 aromatic carbocycles. The molecule has 1 rings (SSSR count). The molecule has 5 nitrogen and oxygen atoms in total. The molecule has 0 saturated carbocycles. The zero-order chi connectivity index (χ0) is 11.3. The van der Waals surface area contributed by atoms with Crippen LogP contribution < -0.4 is 4.72 Å². The third-order valence-electron chi connectivity index (χ3n) is 2.68. The first-order chi connectivity index (χ1) is 7.10. The molecule has 0 aromatic heterocycles. The van der Waals surface area contributed by atoms with Crippen molar-refractivity contribution in [3.8, 4) is 0 Å². The number of hydrogen-bond acceptors (Lipinski definition) is 3. The number of aliphatic hydroxyl groups is 1. The van der Waals surface area contributed by atoms with Crippen molar-refractivity contribution in [3.05, 3.63) is 0 Å².